The quantitative estimate of drug-likeness (QED) is 0.475. The van der Waals surface area contributed by atoms with Crippen LogP contribution in [0, 0.1) is 15.0 Å². The van der Waals surface area contributed by atoms with Crippen molar-refractivity contribution in [2.45, 2.75) is 13.3 Å². The Balaban J connectivity index is 2.91. The Bertz CT molecular complexity index is 364. The lowest BCUT2D eigenvalue weighted by molar-refractivity contribution is 1.08. The monoisotopic (exact) mass is 284 g/mol. The van der Waals surface area contributed by atoms with Gasteiger partial charge in [-0.1, -0.05) is 12.2 Å². The SMILES string of the molecule is C/C=C/Cc1ccc(C#N)c(I)n1. The topological polar surface area (TPSA) is 36.7 Å². The van der Waals surface area contributed by atoms with Gasteiger partial charge in [0, 0.05) is 12.1 Å². The highest BCUT2D eigenvalue weighted by Gasteiger charge is 2.00. The van der Waals surface area contributed by atoms with Crippen LogP contribution in [0.5, 0.6) is 0 Å². The summed E-state index contributed by atoms with van der Waals surface area (Å²) in [6, 6.07) is 5.79. The number of pyridine rings is 1. The molecule has 0 aliphatic carbocycles. The Morgan fingerprint density at radius 1 is 1.62 bits per heavy atom. The zero-order valence-electron chi connectivity index (χ0n) is 7.29. The molecule has 0 N–H and O–H groups in total. The molecule has 0 aliphatic heterocycles. The van der Waals surface area contributed by atoms with Gasteiger partial charge in [-0.3, -0.25) is 0 Å². The third kappa shape index (κ3) is 2.81. The third-order valence-electron chi connectivity index (χ3n) is 1.59. The zero-order chi connectivity index (χ0) is 9.68. The molecule has 0 fully saturated rings. The van der Waals surface area contributed by atoms with Crippen LogP contribution in [0.15, 0.2) is 24.3 Å². The molecule has 0 bridgehead atoms. The van der Waals surface area contributed by atoms with Crippen LogP contribution in [0.25, 0.3) is 0 Å². The van der Waals surface area contributed by atoms with Gasteiger partial charge in [0.15, 0.2) is 0 Å². The van der Waals surface area contributed by atoms with E-state index in [0.29, 0.717) is 5.56 Å². The number of nitriles is 1. The summed E-state index contributed by atoms with van der Waals surface area (Å²) < 4.78 is 0.780. The van der Waals surface area contributed by atoms with Crippen LogP contribution in [0.1, 0.15) is 18.2 Å². The predicted molar refractivity (Wildman–Crippen MR) is 60.2 cm³/mol. The number of hydrogen-bond donors (Lipinski definition) is 0. The lowest BCUT2D eigenvalue weighted by atomic mass is 10.2. The van der Waals surface area contributed by atoms with Crippen molar-refractivity contribution < 1.29 is 0 Å². The van der Waals surface area contributed by atoms with E-state index in [1.807, 2.05) is 31.2 Å². The highest BCUT2D eigenvalue weighted by Crippen LogP contribution is 2.09. The highest BCUT2D eigenvalue weighted by atomic mass is 127. The first-order valence-electron chi connectivity index (χ1n) is 3.94. The molecule has 0 aliphatic rings. The average molecular weight is 284 g/mol. The normalized spacial score (nSPS) is 10.2. The summed E-state index contributed by atoms with van der Waals surface area (Å²) in [5.74, 6) is 0. The van der Waals surface area contributed by atoms with E-state index in [1.165, 1.54) is 0 Å². The molecule has 0 radical (unpaired) electrons. The number of nitrogens with zero attached hydrogens (tertiary/aromatic N) is 2. The second-order valence-corrected chi connectivity index (χ2v) is 3.55. The standard InChI is InChI=1S/C10H9IN2/c1-2-3-4-9-6-5-8(7-12)10(11)13-9/h2-3,5-6H,4H2,1H3/b3-2+. The Morgan fingerprint density at radius 2 is 2.38 bits per heavy atom. The molecule has 66 valence electrons. The first-order chi connectivity index (χ1) is 6.27. The van der Waals surface area contributed by atoms with Crippen molar-refractivity contribution in [2.75, 3.05) is 0 Å². The van der Waals surface area contributed by atoms with Crippen LogP contribution < -0.4 is 0 Å². The van der Waals surface area contributed by atoms with Crippen molar-refractivity contribution in [3.8, 4) is 6.07 Å². The van der Waals surface area contributed by atoms with E-state index >= 15 is 0 Å². The van der Waals surface area contributed by atoms with Crippen molar-refractivity contribution in [1.29, 1.82) is 5.26 Å². The fourth-order valence-corrected chi connectivity index (χ4v) is 1.52. The number of allylic oxidation sites excluding steroid dienone is 2. The van der Waals surface area contributed by atoms with Gasteiger partial charge in [0.05, 0.1) is 5.56 Å². The van der Waals surface area contributed by atoms with E-state index in [-0.39, 0.29) is 0 Å². The minimum atomic E-state index is 0.643. The Morgan fingerprint density at radius 3 is 2.92 bits per heavy atom. The number of rotatable bonds is 2. The van der Waals surface area contributed by atoms with Crippen LogP contribution in [0.4, 0.5) is 0 Å². The first kappa shape index (κ1) is 10.2. The highest BCUT2D eigenvalue weighted by molar-refractivity contribution is 14.1. The van der Waals surface area contributed by atoms with Gasteiger partial charge in [-0.25, -0.2) is 4.98 Å². The summed E-state index contributed by atoms with van der Waals surface area (Å²) in [5, 5.41) is 8.68. The molecule has 0 spiro atoms. The molecule has 13 heavy (non-hydrogen) atoms. The van der Waals surface area contributed by atoms with E-state index in [4.69, 9.17) is 5.26 Å². The maximum atomic E-state index is 8.68. The van der Waals surface area contributed by atoms with Crippen molar-refractivity contribution in [3.05, 3.63) is 39.2 Å². The van der Waals surface area contributed by atoms with Gasteiger partial charge in [0.2, 0.25) is 0 Å². The smallest absolute Gasteiger partial charge is 0.119 e. The van der Waals surface area contributed by atoms with E-state index < -0.39 is 0 Å². The summed E-state index contributed by atoms with van der Waals surface area (Å²) >= 11 is 2.08. The molecule has 3 heteroatoms. The molecular weight excluding hydrogens is 275 g/mol. The summed E-state index contributed by atoms with van der Waals surface area (Å²) in [7, 11) is 0. The Labute approximate surface area is 91.4 Å². The van der Waals surface area contributed by atoms with Crippen LogP contribution in [0.2, 0.25) is 0 Å². The number of aromatic nitrogens is 1. The molecule has 0 amide bonds. The largest absolute Gasteiger partial charge is 0.245 e. The average Bonchev–Trinajstić information content (AvgIpc) is 2.15. The van der Waals surface area contributed by atoms with Gasteiger partial charge in [-0.05, 0) is 41.6 Å². The van der Waals surface area contributed by atoms with Crippen LogP contribution in [-0.2, 0) is 6.42 Å². The van der Waals surface area contributed by atoms with Crippen LogP contribution >= 0.6 is 22.6 Å². The molecule has 1 aromatic rings. The molecule has 2 nitrogen and oxygen atoms in total. The van der Waals surface area contributed by atoms with Crippen molar-refractivity contribution >= 4 is 22.6 Å². The third-order valence-corrected chi connectivity index (χ3v) is 2.41. The first-order valence-corrected chi connectivity index (χ1v) is 5.02. The van der Waals surface area contributed by atoms with E-state index in [9.17, 15) is 0 Å². The molecule has 0 atom stereocenters. The fourth-order valence-electron chi connectivity index (χ4n) is 0.908. The molecular formula is C10H9IN2. The van der Waals surface area contributed by atoms with E-state index in [2.05, 4.69) is 33.6 Å². The molecule has 1 aromatic heterocycles. The molecule has 0 unspecified atom stereocenters. The minimum absolute atomic E-state index is 0.643. The Kier molecular flexibility index (Phi) is 3.90. The molecule has 0 aromatic carbocycles. The van der Waals surface area contributed by atoms with Gasteiger partial charge in [-0.15, -0.1) is 0 Å². The molecule has 0 saturated heterocycles. The minimum Gasteiger partial charge on any atom is -0.245 e. The molecule has 1 rings (SSSR count). The second-order valence-electron chi connectivity index (χ2n) is 2.53. The van der Waals surface area contributed by atoms with E-state index in [1.54, 1.807) is 0 Å². The molecule has 1 heterocycles. The maximum absolute atomic E-state index is 8.68. The summed E-state index contributed by atoms with van der Waals surface area (Å²) in [6.07, 6.45) is 4.87. The second kappa shape index (κ2) is 4.97. The van der Waals surface area contributed by atoms with Gasteiger partial charge in [0.1, 0.15) is 9.77 Å². The number of halogens is 1. The van der Waals surface area contributed by atoms with Crippen molar-refractivity contribution in [2.24, 2.45) is 0 Å². The van der Waals surface area contributed by atoms with Crippen molar-refractivity contribution in [3.63, 3.8) is 0 Å². The van der Waals surface area contributed by atoms with Crippen molar-refractivity contribution in [1.82, 2.24) is 4.98 Å². The Hall–Kier alpha value is -0.890. The predicted octanol–water partition coefficient (Wildman–Crippen LogP) is 2.68. The maximum Gasteiger partial charge on any atom is 0.119 e. The summed E-state index contributed by atoms with van der Waals surface area (Å²) in [4.78, 5) is 4.29. The zero-order valence-corrected chi connectivity index (χ0v) is 9.45. The van der Waals surface area contributed by atoms with Gasteiger partial charge in [0.25, 0.3) is 0 Å². The summed E-state index contributed by atoms with van der Waals surface area (Å²) in [6.45, 7) is 1.98. The molecule has 0 saturated carbocycles. The van der Waals surface area contributed by atoms with Crippen LogP contribution in [0.3, 0.4) is 0 Å². The lowest BCUT2D eigenvalue weighted by Crippen LogP contribution is -1.93. The van der Waals surface area contributed by atoms with E-state index in [0.717, 1.165) is 15.8 Å². The van der Waals surface area contributed by atoms with Crippen LogP contribution in [-0.4, -0.2) is 4.98 Å². The van der Waals surface area contributed by atoms with Gasteiger partial charge in [-0.2, -0.15) is 5.26 Å². The van der Waals surface area contributed by atoms with Gasteiger partial charge < -0.3 is 0 Å². The fraction of sp³-hybridized carbons (Fsp3) is 0.200. The van der Waals surface area contributed by atoms with Gasteiger partial charge >= 0.3 is 0 Å². The lowest BCUT2D eigenvalue weighted by Gasteiger charge is -1.98. The summed E-state index contributed by atoms with van der Waals surface area (Å²) in [5.41, 5.74) is 1.64. The number of hydrogen-bond acceptors (Lipinski definition) is 2.